The number of nitrogens with one attached hydrogen (secondary N) is 1. The average Bonchev–Trinajstić information content (AvgIpc) is 3.26. The molecule has 0 amide bonds. The van der Waals surface area contributed by atoms with Gasteiger partial charge in [0.15, 0.2) is 0 Å². The molecule has 0 aromatic heterocycles. The third kappa shape index (κ3) is 3.24. The van der Waals surface area contributed by atoms with Gasteiger partial charge >= 0.3 is 0 Å². The first-order chi connectivity index (χ1) is 8.80. The monoisotopic (exact) mass is 247 g/mol. The molecule has 1 aliphatic heterocycles. The molecule has 0 unspecified atom stereocenters. The van der Waals surface area contributed by atoms with Gasteiger partial charge in [0.1, 0.15) is 0 Å². The lowest BCUT2D eigenvalue weighted by atomic mass is 9.99. The Kier molecular flexibility index (Phi) is 3.59. The fourth-order valence-electron chi connectivity index (χ4n) is 3.16. The van der Waals surface area contributed by atoms with Crippen LogP contribution >= 0.6 is 0 Å². The molecule has 3 aliphatic rings. The lowest BCUT2D eigenvalue weighted by molar-refractivity contribution is 0.165. The van der Waals surface area contributed by atoms with E-state index in [1.165, 1.54) is 64.7 Å². The van der Waals surface area contributed by atoms with E-state index in [1.807, 2.05) is 0 Å². The molecule has 18 heavy (non-hydrogen) atoms. The molecular weight excluding hydrogens is 222 g/mol. The minimum absolute atomic E-state index is 0.392. The van der Waals surface area contributed by atoms with Crippen LogP contribution in [0.2, 0.25) is 0 Å². The van der Waals surface area contributed by atoms with Gasteiger partial charge in [-0.2, -0.15) is 5.26 Å². The fraction of sp³-hybridized carbons (Fsp3) is 0.933. The van der Waals surface area contributed by atoms with Crippen LogP contribution in [0.5, 0.6) is 0 Å². The number of likely N-dealkylation sites (tertiary alicyclic amines) is 1. The number of hydrogen-bond acceptors (Lipinski definition) is 3. The Morgan fingerprint density at radius 1 is 1.17 bits per heavy atom. The molecule has 1 saturated heterocycles. The largest absolute Gasteiger partial charge is 0.314 e. The van der Waals surface area contributed by atoms with E-state index < -0.39 is 0 Å². The summed E-state index contributed by atoms with van der Waals surface area (Å²) in [5.74, 6) is 0.994. The average molecular weight is 247 g/mol. The first-order valence-electron chi connectivity index (χ1n) is 7.62. The highest BCUT2D eigenvalue weighted by atomic mass is 15.2. The van der Waals surface area contributed by atoms with Gasteiger partial charge in [-0.25, -0.2) is 0 Å². The molecular formula is C15H25N3. The normalized spacial score (nSPS) is 27.9. The first-order valence-corrected chi connectivity index (χ1v) is 7.62. The Hall–Kier alpha value is -0.590. The van der Waals surface area contributed by atoms with E-state index in [1.54, 1.807) is 0 Å². The number of nitriles is 1. The Balaban J connectivity index is 1.36. The summed E-state index contributed by atoms with van der Waals surface area (Å²) in [5, 5.41) is 12.6. The van der Waals surface area contributed by atoms with Crippen molar-refractivity contribution in [1.82, 2.24) is 10.2 Å². The van der Waals surface area contributed by atoms with Crippen molar-refractivity contribution >= 4 is 0 Å². The molecule has 1 N–H and O–H groups in total. The van der Waals surface area contributed by atoms with E-state index in [4.69, 9.17) is 5.26 Å². The van der Waals surface area contributed by atoms with Crippen LogP contribution in [0, 0.1) is 22.7 Å². The molecule has 2 saturated carbocycles. The molecule has 3 heteroatoms. The van der Waals surface area contributed by atoms with Crippen molar-refractivity contribution in [2.45, 2.75) is 51.0 Å². The third-order valence-corrected chi connectivity index (χ3v) is 4.95. The zero-order chi connectivity index (χ0) is 12.4. The topological polar surface area (TPSA) is 39.1 Å². The van der Waals surface area contributed by atoms with Gasteiger partial charge in [0.05, 0.1) is 6.07 Å². The summed E-state index contributed by atoms with van der Waals surface area (Å²) >= 11 is 0. The van der Waals surface area contributed by atoms with Crippen molar-refractivity contribution in [1.29, 1.82) is 5.26 Å². The SMILES string of the molecule is N#CCC1(CN2CCC(NCC3CC3)CC2)CC1. The molecule has 1 heterocycles. The molecule has 0 atom stereocenters. The lowest BCUT2D eigenvalue weighted by Crippen LogP contribution is -2.44. The van der Waals surface area contributed by atoms with Crippen molar-refractivity contribution in [2.24, 2.45) is 11.3 Å². The summed E-state index contributed by atoms with van der Waals surface area (Å²) in [6.45, 7) is 4.89. The van der Waals surface area contributed by atoms with Gasteiger partial charge in [0.25, 0.3) is 0 Å². The molecule has 2 aliphatic carbocycles. The maximum atomic E-state index is 8.86. The van der Waals surface area contributed by atoms with E-state index >= 15 is 0 Å². The van der Waals surface area contributed by atoms with Gasteiger partial charge in [0.2, 0.25) is 0 Å². The van der Waals surface area contributed by atoms with Crippen LogP contribution in [-0.2, 0) is 0 Å². The van der Waals surface area contributed by atoms with E-state index in [0.29, 0.717) is 5.41 Å². The molecule has 0 aromatic rings. The molecule has 0 aromatic carbocycles. The highest BCUT2D eigenvalue weighted by Gasteiger charge is 2.43. The summed E-state index contributed by atoms with van der Waals surface area (Å²) < 4.78 is 0. The van der Waals surface area contributed by atoms with Crippen molar-refractivity contribution < 1.29 is 0 Å². The first kappa shape index (κ1) is 12.4. The van der Waals surface area contributed by atoms with Crippen LogP contribution in [0.3, 0.4) is 0 Å². The Bertz CT molecular complexity index is 317. The molecule has 3 nitrogen and oxygen atoms in total. The standard InChI is InChI=1S/C15H25N3/c16-8-7-15(5-6-15)12-18-9-3-14(4-10-18)17-11-13-1-2-13/h13-14,17H,1-7,9-12H2. The van der Waals surface area contributed by atoms with Crippen LogP contribution in [0.4, 0.5) is 0 Å². The molecule has 0 spiro atoms. The van der Waals surface area contributed by atoms with Crippen molar-refractivity contribution in [3.8, 4) is 6.07 Å². The van der Waals surface area contributed by atoms with Gasteiger partial charge in [0, 0.05) is 19.0 Å². The van der Waals surface area contributed by atoms with Crippen LogP contribution in [0.15, 0.2) is 0 Å². The number of hydrogen-bond donors (Lipinski definition) is 1. The maximum absolute atomic E-state index is 8.86. The zero-order valence-electron chi connectivity index (χ0n) is 11.3. The maximum Gasteiger partial charge on any atom is 0.0628 e. The van der Waals surface area contributed by atoms with Crippen LogP contribution < -0.4 is 5.32 Å². The molecule has 0 bridgehead atoms. The van der Waals surface area contributed by atoms with E-state index in [2.05, 4.69) is 16.3 Å². The smallest absolute Gasteiger partial charge is 0.0628 e. The van der Waals surface area contributed by atoms with Gasteiger partial charge in [-0.3, -0.25) is 0 Å². The quantitative estimate of drug-likeness (QED) is 0.781. The number of nitrogens with zero attached hydrogens (tertiary/aromatic N) is 2. The third-order valence-electron chi connectivity index (χ3n) is 4.95. The molecule has 3 rings (SSSR count). The Labute approximate surface area is 111 Å². The summed E-state index contributed by atoms with van der Waals surface area (Å²) in [4.78, 5) is 2.60. The van der Waals surface area contributed by atoms with Crippen LogP contribution in [0.25, 0.3) is 0 Å². The van der Waals surface area contributed by atoms with Crippen molar-refractivity contribution in [2.75, 3.05) is 26.2 Å². The minimum atomic E-state index is 0.392. The Morgan fingerprint density at radius 2 is 1.89 bits per heavy atom. The second-order valence-electron chi connectivity index (χ2n) is 6.74. The van der Waals surface area contributed by atoms with Gasteiger partial charge in [-0.1, -0.05) is 0 Å². The van der Waals surface area contributed by atoms with E-state index in [0.717, 1.165) is 18.4 Å². The summed E-state index contributed by atoms with van der Waals surface area (Å²) in [5.41, 5.74) is 0.392. The van der Waals surface area contributed by atoms with Gasteiger partial charge in [-0.15, -0.1) is 0 Å². The second-order valence-corrected chi connectivity index (χ2v) is 6.74. The highest BCUT2D eigenvalue weighted by Crippen LogP contribution is 2.49. The molecule has 100 valence electrons. The molecule has 3 fully saturated rings. The predicted molar refractivity (Wildman–Crippen MR) is 72.1 cm³/mol. The van der Waals surface area contributed by atoms with Gasteiger partial charge < -0.3 is 10.2 Å². The minimum Gasteiger partial charge on any atom is -0.314 e. The van der Waals surface area contributed by atoms with Crippen LogP contribution in [0.1, 0.15) is 44.9 Å². The summed E-state index contributed by atoms with van der Waals surface area (Å²) in [7, 11) is 0. The predicted octanol–water partition coefficient (Wildman–Crippen LogP) is 2.14. The van der Waals surface area contributed by atoms with Gasteiger partial charge in [-0.05, 0) is 69.5 Å². The number of piperidine rings is 1. The Morgan fingerprint density at radius 3 is 2.44 bits per heavy atom. The van der Waals surface area contributed by atoms with E-state index in [-0.39, 0.29) is 0 Å². The number of rotatable bonds is 6. The van der Waals surface area contributed by atoms with Crippen molar-refractivity contribution in [3.63, 3.8) is 0 Å². The zero-order valence-corrected chi connectivity index (χ0v) is 11.3. The van der Waals surface area contributed by atoms with E-state index in [9.17, 15) is 0 Å². The summed E-state index contributed by atoms with van der Waals surface area (Å²) in [6, 6.07) is 3.13. The van der Waals surface area contributed by atoms with Crippen molar-refractivity contribution in [3.05, 3.63) is 0 Å². The molecule has 0 radical (unpaired) electrons. The fourth-order valence-corrected chi connectivity index (χ4v) is 3.16. The lowest BCUT2D eigenvalue weighted by Gasteiger charge is -2.34. The summed E-state index contributed by atoms with van der Waals surface area (Å²) in [6.07, 6.45) is 8.82. The highest BCUT2D eigenvalue weighted by molar-refractivity contribution is 5.01. The van der Waals surface area contributed by atoms with Crippen LogP contribution in [-0.4, -0.2) is 37.1 Å². The second kappa shape index (κ2) is 5.19.